The second kappa shape index (κ2) is 4.58. The predicted octanol–water partition coefficient (Wildman–Crippen LogP) is 2.08. The molecule has 0 radical (unpaired) electrons. The van der Waals surface area contributed by atoms with Gasteiger partial charge < -0.3 is 9.72 Å². The second-order valence-electron chi connectivity index (χ2n) is 6.85. The Morgan fingerprint density at radius 3 is 2.76 bits per heavy atom. The lowest BCUT2D eigenvalue weighted by Gasteiger charge is -2.36. The van der Waals surface area contributed by atoms with Crippen LogP contribution in [0.4, 0.5) is 4.79 Å². The van der Waals surface area contributed by atoms with Crippen molar-refractivity contribution < 1.29 is 9.53 Å². The van der Waals surface area contributed by atoms with E-state index in [0.29, 0.717) is 17.8 Å². The number of carbonyl (C=O) groups is 1. The highest BCUT2D eigenvalue weighted by Crippen LogP contribution is 2.42. The van der Waals surface area contributed by atoms with E-state index in [1.165, 1.54) is 0 Å². The normalized spacial score (nSPS) is 23.9. The van der Waals surface area contributed by atoms with Crippen LogP contribution in [0.15, 0.2) is 4.79 Å². The van der Waals surface area contributed by atoms with Gasteiger partial charge in [0.25, 0.3) is 5.56 Å². The average Bonchev–Trinajstić information content (AvgIpc) is 2.61. The quantitative estimate of drug-likeness (QED) is 0.794. The summed E-state index contributed by atoms with van der Waals surface area (Å²) >= 11 is 0. The lowest BCUT2D eigenvalue weighted by atomic mass is 9.99. The van der Waals surface area contributed by atoms with Crippen LogP contribution in [0.1, 0.15) is 56.7 Å². The summed E-state index contributed by atoms with van der Waals surface area (Å²) in [7, 11) is 0. The Morgan fingerprint density at radius 1 is 1.38 bits per heavy atom. The van der Waals surface area contributed by atoms with Crippen LogP contribution in [0.3, 0.4) is 0 Å². The number of fused-ring (bicyclic) bond motifs is 4. The molecule has 114 valence electrons. The van der Waals surface area contributed by atoms with Gasteiger partial charge in [-0.15, -0.1) is 0 Å². The van der Waals surface area contributed by atoms with Gasteiger partial charge in [0.2, 0.25) is 0 Å². The molecule has 1 fully saturated rings. The molecule has 21 heavy (non-hydrogen) atoms. The van der Waals surface area contributed by atoms with E-state index in [1.807, 2.05) is 20.8 Å². The smallest absolute Gasteiger partial charge is 0.411 e. The molecule has 0 aromatic carbocycles. The van der Waals surface area contributed by atoms with Crippen LogP contribution in [-0.2, 0) is 11.2 Å². The largest absolute Gasteiger partial charge is 0.444 e. The van der Waals surface area contributed by atoms with Gasteiger partial charge in [0.15, 0.2) is 0 Å². The van der Waals surface area contributed by atoms with Crippen LogP contribution >= 0.6 is 0 Å². The zero-order valence-corrected chi connectivity index (χ0v) is 12.9. The summed E-state index contributed by atoms with van der Waals surface area (Å²) in [4.78, 5) is 33.6. The Hall–Kier alpha value is -1.85. The molecular formula is C15H21N3O3. The maximum absolute atomic E-state index is 12.4. The van der Waals surface area contributed by atoms with Crippen molar-refractivity contribution in [2.24, 2.45) is 0 Å². The first-order valence-corrected chi connectivity index (χ1v) is 7.37. The molecule has 0 aliphatic carbocycles. The molecule has 2 aliphatic rings. The first-order valence-electron chi connectivity index (χ1n) is 7.37. The monoisotopic (exact) mass is 291 g/mol. The van der Waals surface area contributed by atoms with Crippen LogP contribution in [-0.4, -0.2) is 32.6 Å². The van der Waals surface area contributed by atoms with E-state index in [0.717, 1.165) is 18.5 Å². The summed E-state index contributed by atoms with van der Waals surface area (Å²) in [5, 5.41) is 0. The summed E-state index contributed by atoms with van der Waals surface area (Å²) in [6, 6.07) is -0.114. The number of rotatable bonds is 0. The van der Waals surface area contributed by atoms with Crippen LogP contribution < -0.4 is 5.56 Å². The molecular weight excluding hydrogens is 270 g/mol. The first kappa shape index (κ1) is 14.1. The van der Waals surface area contributed by atoms with Crippen molar-refractivity contribution >= 4 is 6.09 Å². The van der Waals surface area contributed by atoms with Gasteiger partial charge in [-0.05, 0) is 40.5 Å². The zero-order chi connectivity index (χ0) is 15.4. The van der Waals surface area contributed by atoms with Crippen molar-refractivity contribution in [3.63, 3.8) is 0 Å². The van der Waals surface area contributed by atoms with Gasteiger partial charge in [0.05, 0.1) is 17.3 Å². The van der Waals surface area contributed by atoms with E-state index in [2.05, 4.69) is 9.97 Å². The Morgan fingerprint density at radius 2 is 2.10 bits per heavy atom. The number of H-pyrrole nitrogens is 1. The van der Waals surface area contributed by atoms with E-state index in [-0.39, 0.29) is 23.7 Å². The molecule has 6 nitrogen and oxygen atoms in total. The van der Waals surface area contributed by atoms with Crippen molar-refractivity contribution in [3.05, 3.63) is 27.4 Å². The van der Waals surface area contributed by atoms with Crippen molar-refractivity contribution in [3.8, 4) is 0 Å². The lowest BCUT2D eigenvalue weighted by Crippen LogP contribution is -2.46. The Bertz CT molecular complexity index is 645. The van der Waals surface area contributed by atoms with E-state index >= 15 is 0 Å². The molecule has 3 rings (SSSR count). The van der Waals surface area contributed by atoms with Crippen LogP contribution in [0.5, 0.6) is 0 Å². The van der Waals surface area contributed by atoms with Crippen molar-refractivity contribution in [2.45, 2.75) is 64.6 Å². The molecule has 1 amide bonds. The van der Waals surface area contributed by atoms with E-state index < -0.39 is 5.60 Å². The zero-order valence-electron chi connectivity index (χ0n) is 12.9. The third-order valence-corrected chi connectivity index (χ3v) is 4.02. The number of carbonyl (C=O) groups excluding carboxylic acids is 1. The average molecular weight is 291 g/mol. The summed E-state index contributed by atoms with van der Waals surface area (Å²) in [6.07, 6.45) is 1.99. The molecule has 2 aliphatic heterocycles. The molecule has 2 atom stereocenters. The number of aryl methyl sites for hydroxylation is 1. The van der Waals surface area contributed by atoms with E-state index in [9.17, 15) is 9.59 Å². The van der Waals surface area contributed by atoms with E-state index in [4.69, 9.17) is 4.74 Å². The Labute approximate surface area is 123 Å². The molecule has 0 saturated carbocycles. The number of hydrogen-bond acceptors (Lipinski definition) is 4. The summed E-state index contributed by atoms with van der Waals surface area (Å²) in [6.45, 7) is 7.33. The number of hydrogen-bond donors (Lipinski definition) is 1. The minimum Gasteiger partial charge on any atom is -0.444 e. The van der Waals surface area contributed by atoms with Gasteiger partial charge in [-0.2, -0.15) is 0 Å². The van der Waals surface area contributed by atoms with E-state index in [1.54, 1.807) is 11.8 Å². The molecule has 1 N–H and O–H groups in total. The van der Waals surface area contributed by atoms with Crippen LogP contribution in [0, 0.1) is 6.92 Å². The molecule has 0 unspecified atom stereocenters. The fourth-order valence-electron chi connectivity index (χ4n) is 3.33. The van der Waals surface area contributed by atoms with Crippen molar-refractivity contribution in [1.29, 1.82) is 0 Å². The van der Waals surface area contributed by atoms with Gasteiger partial charge in [-0.1, -0.05) is 0 Å². The number of nitrogens with zero attached hydrogens (tertiary/aromatic N) is 2. The molecule has 0 spiro atoms. The minimum absolute atomic E-state index is 0.0889. The highest BCUT2D eigenvalue weighted by Gasteiger charge is 2.46. The summed E-state index contributed by atoms with van der Waals surface area (Å²) in [5.41, 5.74) is 0.814. The molecule has 2 bridgehead atoms. The third-order valence-electron chi connectivity index (χ3n) is 4.02. The molecule has 1 saturated heterocycles. The molecule has 6 heteroatoms. The second-order valence-corrected chi connectivity index (χ2v) is 6.85. The summed E-state index contributed by atoms with van der Waals surface area (Å²) < 4.78 is 5.49. The maximum Gasteiger partial charge on any atom is 0.411 e. The van der Waals surface area contributed by atoms with Gasteiger partial charge in [0, 0.05) is 12.5 Å². The minimum atomic E-state index is -0.533. The fraction of sp³-hybridized carbons (Fsp3) is 0.667. The van der Waals surface area contributed by atoms with Crippen LogP contribution in [0.2, 0.25) is 0 Å². The predicted molar refractivity (Wildman–Crippen MR) is 77.1 cm³/mol. The van der Waals surface area contributed by atoms with Gasteiger partial charge in [-0.25, -0.2) is 9.78 Å². The number of aromatic nitrogens is 2. The van der Waals surface area contributed by atoms with Gasteiger partial charge in [0.1, 0.15) is 11.4 Å². The standard InChI is InChI=1S/C15H21N3O3/c1-8-16-10-7-9-5-6-11(12(10)13(19)17-8)18(9)14(20)21-15(2,3)4/h9,11H,5-7H2,1-4H3,(H,16,17,19)/t9-,11+/m0/s1. The number of aromatic amines is 1. The van der Waals surface area contributed by atoms with Crippen LogP contribution in [0.25, 0.3) is 0 Å². The fourth-order valence-corrected chi connectivity index (χ4v) is 3.33. The Kier molecular flexibility index (Phi) is 3.07. The third kappa shape index (κ3) is 2.43. The van der Waals surface area contributed by atoms with Crippen molar-refractivity contribution in [2.75, 3.05) is 0 Å². The molecule has 1 aromatic heterocycles. The lowest BCUT2D eigenvalue weighted by molar-refractivity contribution is 0.0121. The first-order chi connectivity index (χ1) is 9.76. The SMILES string of the molecule is Cc1nc2c(c(=O)[nH]1)[C@H]1CC[C@@H](C2)N1C(=O)OC(C)(C)C. The number of nitrogens with one attached hydrogen (secondary N) is 1. The molecule has 1 aromatic rings. The van der Waals surface area contributed by atoms with Crippen molar-refractivity contribution in [1.82, 2.24) is 14.9 Å². The van der Waals surface area contributed by atoms with Gasteiger partial charge in [-0.3, -0.25) is 9.69 Å². The van der Waals surface area contributed by atoms with Gasteiger partial charge >= 0.3 is 6.09 Å². The maximum atomic E-state index is 12.4. The Balaban J connectivity index is 1.97. The number of ether oxygens (including phenoxy) is 1. The highest BCUT2D eigenvalue weighted by molar-refractivity contribution is 5.70. The summed E-state index contributed by atoms with van der Waals surface area (Å²) in [5.74, 6) is 0.629. The molecule has 3 heterocycles. The topological polar surface area (TPSA) is 75.3 Å². The number of amides is 1. The highest BCUT2D eigenvalue weighted by atomic mass is 16.6.